The molecule has 1 fully saturated rings. The van der Waals surface area contributed by atoms with Crippen molar-refractivity contribution in [2.24, 2.45) is 4.99 Å². The molecule has 1 aromatic heterocycles. The summed E-state index contributed by atoms with van der Waals surface area (Å²) in [4.78, 5) is 21.6. The third-order valence-electron chi connectivity index (χ3n) is 4.55. The fraction of sp³-hybridized carbons (Fsp3) is 0.722. The molecule has 0 spiro atoms. The topological polar surface area (TPSA) is 113 Å². The molecule has 30 heavy (non-hydrogen) atoms. The van der Waals surface area contributed by atoms with Crippen molar-refractivity contribution >= 4 is 57.3 Å². The largest absolute Gasteiger partial charge is 0.462 e. The first-order valence-electron chi connectivity index (χ1n) is 9.83. The molecule has 2 rings (SSSR count). The van der Waals surface area contributed by atoms with Crippen LogP contribution in [-0.2, 0) is 14.8 Å². The highest BCUT2D eigenvalue weighted by Crippen LogP contribution is 2.24. The number of esters is 1. The van der Waals surface area contributed by atoms with Crippen LogP contribution in [0.25, 0.3) is 0 Å². The summed E-state index contributed by atoms with van der Waals surface area (Å²) in [5.74, 6) is 0.231. The molecule has 1 aliphatic heterocycles. The molecule has 1 saturated heterocycles. The van der Waals surface area contributed by atoms with Crippen LogP contribution in [0.15, 0.2) is 4.99 Å². The van der Waals surface area contributed by atoms with Crippen LogP contribution in [0.2, 0.25) is 0 Å². The summed E-state index contributed by atoms with van der Waals surface area (Å²) in [7, 11) is -3.22. The van der Waals surface area contributed by atoms with Gasteiger partial charge in [-0.15, -0.1) is 35.3 Å². The van der Waals surface area contributed by atoms with Crippen LogP contribution in [0.5, 0.6) is 0 Å². The quantitative estimate of drug-likeness (QED) is 0.212. The average molecular weight is 574 g/mol. The zero-order valence-corrected chi connectivity index (χ0v) is 22.1. The van der Waals surface area contributed by atoms with Gasteiger partial charge >= 0.3 is 5.97 Å². The molecular formula is C18H32IN5O4S2. The Morgan fingerprint density at radius 2 is 2.13 bits per heavy atom. The summed E-state index contributed by atoms with van der Waals surface area (Å²) >= 11 is 1.30. The van der Waals surface area contributed by atoms with E-state index >= 15 is 0 Å². The normalized spacial score (nSPS) is 18.6. The number of rotatable bonds is 8. The third-order valence-corrected chi connectivity index (χ3v) is 7.20. The van der Waals surface area contributed by atoms with Crippen LogP contribution in [0.1, 0.15) is 60.0 Å². The van der Waals surface area contributed by atoms with Crippen molar-refractivity contribution in [2.45, 2.75) is 52.6 Å². The smallest absolute Gasteiger partial charge is 0.350 e. The Labute approximate surface area is 200 Å². The molecule has 2 heterocycles. The van der Waals surface area contributed by atoms with Gasteiger partial charge in [-0.1, -0.05) is 0 Å². The molecule has 2 atom stereocenters. The van der Waals surface area contributed by atoms with E-state index in [1.54, 1.807) is 13.8 Å². The summed E-state index contributed by atoms with van der Waals surface area (Å²) in [6.07, 6.45) is 2.90. The summed E-state index contributed by atoms with van der Waals surface area (Å²) in [6, 6.07) is -0.289. The number of aliphatic imine (C=N–C) groups is 1. The minimum absolute atomic E-state index is 0. The first kappa shape index (κ1) is 27.0. The van der Waals surface area contributed by atoms with Crippen molar-refractivity contribution < 1.29 is 17.9 Å². The maximum atomic E-state index is 12.0. The lowest BCUT2D eigenvalue weighted by Gasteiger charge is -2.21. The Bertz CT molecular complexity index is 844. The number of hydrogen-bond acceptors (Lipinski definition) is 7. The van der Waals surface area contributed by atoms with Gasteiger partial charge in [0.1, 0.15) is 9.88 Å². The predicted molar refractivity (Wildman–Crippen MR) is 130 cm³/mol. The molecule has 0 bridgehead atoms. The van der Waals surface area contributed by atoms with Gasteiger partial charge in [0.15, 0.2) is 5.96 Å². The van der Waals surface area contributed by atoms with Crippen molar-refractivity contribution in [3.8, 4) is 0 Å². The van der Waals surface area contributed by atoms with Crippen molar-refractivity contribution in [1.29, 1.82) is 0 Å². The van der Waals surface area contributed by atoms with E-state index in [9.17, 15) is 13.2 Å². The molecular weight excluding hydrogens is 541 g/mol. The number of nitrogens with one attached hydrogen (secondary N) is 2. The number of aryl methyl sites for hydroxylation is 1. The Kier molecular flexibility index (Phi) is 11.0. The molecule has 9 nitrogen and oxygen atoms in total. The van der Waals surface area contributed by atoms with Crippen LogP contribution in [0.4, 0.5) is 0 Å². The summed E-state index contributed by atoms with van der Waals surface area (Å²) in [5.41, 5.74) is 0.647. The minimum Gasteiger partial charge on any atom is -0.462 e. The Hall–Kier alpha value is -0.990. The number of hydrogen-bond donors (Lipinski definition) is 2. The van der Waals surface area contributed by atoms with E-state index in [0.717, 1.165) is 17.8 Å². The van der Waals surface area contributed by atoms with Gasteiger partial charge in [0.05, 0.1) is 31.1 Å². The molecule has 1 aromatic rings. The van der Waals surface area contributed by atoms with Crippen LogP contribution >= 0.6 is 35.3 Å². The second kappa shape index (κ2) is 12.2. The van der Waals surface area contributed by atoms with Gasteiger partial charge in [0.25, 0.3) is 0 Å². The highest BCUT2D eigenvalue weighted by atomic mass is 127. The Morgan fingerprint density at radius 3 is 2.73 bits per heavy atom. The maximum absolute atomic E-state index is 12.0. The second-order valence-corrected chi connectivity index (χ2v) is 9.91. The van der Waals surface area contributed by atoms with E-state index in [-0.39, 0.29) is 42.0 Å². The average Bonchev–Trinajstić information content (AvgIpc) is 3.26. The monoisotopic (exact) mass is 573 g/mol. The molecule has 172 valence electrons. The standard InChI is InChI=1S/C18H31N5O4S2.HI/c1-6-19-18(20-11-14-9-8-10-23(14)29(5,25)26)22-13(4)16-21-12(3)15(28-16)17(24)27-7-2;/h13-14H,6-11H2,1-5H3,(H2,19,20,22);1H/t13?,14-;/m1./s1. The van der Waals surface area contributed by atoms with Gasteiger partial charge in [-0.05, 0) is 40.5 Å². The highest BCUT2D eigenvalue weighted by Gasteiger charge is 2.31. The number of carbonyl (C=O) groups excluding carboxylic acids is 1. The zero-order valence-electron chi connectivity index (χ0n) is 18.1. The number of aromatic nitrogens is 1. The zero-order chi connectivity index (χ0) is 21.6. The van der Waals surface area contributed by atoms with Gasteiger partial charge in [-0.25, -0.2) is 18.2 Å². The van der Waals surface area contributed by atoms with Crippen molar-refractivity contribution in [2.75, 3.05) is 32.5 Å². The van der Waals surface area contributed by atoms with Gasteiger partial charge in [0.2, 0.25) is 10.0 Å². The first-order valence-corrected chi connectivity index (χ1v) is 12.5. The number of guanidine groups is 1. The lowest BCUT2D eigenvalue weighted by molar-refractivity contribution is 0.0531. The lowest BCUT2D eigenvalue weighted by atomic mass is 10.2. The van der Waals surface area contributed by atoms with E-state index in [2.05, 4.69) is 20.6 Å². The molecule has 1 unspecified atom stereocenters. The number of thiazole rings is 1. The van der Waals surface area contributed by atoms with Gasteiger partial charge in [0, 0.05) is 19.1 Å². The Morgan fingerprint density at radius 1 is 1.43 bits per heavy atom. The number of sulfonamides is 1. The first-order chi connectivity index (χ1) is 13.7. The number of carbonyl (C=O) groups is 1. The molecule has 0 saturated carbocycles. The van der Waals surface area contributed by atoms with Crippen LogP contribution in [0, 0.1) is 6.92 Å². The third kappa shape index (κ3) is 7.31. The minimum atomic E-state index is -3.22. The van der Waals surface area contributed by atoms with E-state index in [1.165, 1.54) is 21.9 Å². The van der Waals surface area contributed by atoms with Crippen molar-refractivity contribution in [1.82, 2.24) is 19.9 Å². The molecule has 1 aliphatic rings. The van der Waals surface area contributed by atoms with E-state index < -0.39 is 10.0 Å². The fourth-order valence-electron chi connectivity index (χ4n) is 3.20. The second-order valence-electron chi connectivity index (χ2n) is 6.94. The van der Waals surface area contributed by atoms with Gasteiger partial charge < -0.3 is 15.4 Å². The van der Waals surface area contributed by atoms with Gasteiger partial charge in [-0.2, -0.15) is 4.31 Å². The molecule has 0 aromatic carbocycles. The van der Waals surface area contributed by atoms with E-state index in [4.69, 9.17) is 4.74 Å². The summed E-state index contributed by atoms with van der Waals surface area (Å²) in [6.45, 7) is 9.40. The molecule has 0 amide bonds. The molecule has 0 radical (unpaired) electrons. The highest BCUT2D eigenvalue weighted by molar-refractivity contribution is 14.0. The fourth-order valence-corrected chi connectivity index (χ4v) is 5.34. The summed E-state index contributed by atoms with van der Waals surface area (Å²) < 4.78 is 30.4. The Balaban J connectivity index is 0.00000450. The van der Waals surface area contributed by atoms with Crippen LogP contribution in [-0.4, -0.2) is 68.2 Å². The number of nitrogens with zero attached hydrogens (tertiary/aromatic N) is 3. The summed E-state index contributed by atoms with van der Waals surface area (Å²) in [5, 5.41) is 7.23. The molecule has 0 aliphatic carbocycles. The van der Waals surface area contributed by atoms with E-state index in [0.29, 0.717) is 42.8 Å². The number of halogens is 1. The predicted octanol–water partition coefficient (Wildman–Crippen LogP) is 2.29. The maximum Gasteiger partial charge on any atom is 0.350 e. The van der Waals surface area contributed by atoms with Crippen LogP contribution < -0.4 is 10.6 Å². The lowest BCUT2D eigenvalue weighted by Crippen LogP contribution is -2.41. The van der Waals surface area contributed by atoms with Gasteiger partial charge in [-0.3, -0.25) is 4.99 Å². The SMILES string of the molecule is CCNC(=NC[C@H]1CCCN1S(C)(=O)=O)NC(C)c1nc(C)c(C(=O)OCC)s1.I. The molecule has 12 heteroatoms. The van der Waals surface area contributed by atoms with Crippen molar-refractivity contribution in [3.63, 3.8) is 0 Å². The molecule has 2 N–H and O–H groups in total. The number of ether oxygens (including phenoxy) is 1. The van der Waals surface area contributed by atoms with Crippen molar-refractivity contribution in [3.05, 3.63) is 15.6 Å². The van der Waals surface area contributed by atoms with E-state index in [1.807, 2.05) is 13.8 Å². The van der Waals surface area contributed by atoms with Crippen LogP contribution in [0.3, 0.4) is 0 Å².